The van der Waals surface area contributed by atoms with Gasteiger partial charge in [0, 0.05) is 11.5 Å². The minimum Gasteiger partial charge on any atom is -0.303 e. The van der Waals surface area contributed by atoms with Crippen LogP contribution in [0.1, 0.15) is 42.9 Å². The summed E-state index contributed by atoms with van der Waals surface area (Å²) >= 11 is 0. The Morgan fingerprint density at radius 3 is 2.40 bits per heavy atom. The van der Waals surface area contributed by atoms with Crippen LogP contribution in [0.25, 0.3) is 0 Å². The predicted octanol–water partition coefficient (Wildman–Crippen LogP) is 3.49. The Hall–Kier alpha value is -1.25. The van der Waals surface area contributed by atoms with Crippen LogP contribution in [0.2, 0.25) is 0 Å². The molecule has 0 saturated heterocycles. The van der Waals surface area contributed by atoms with Gasteiger partial charge in [-0.15, -0.1) is 0 Å². The van der Waals surface area contributed by atoms with Crippen molar-refractivity contribution in [2.24, 2.45) is 0 Å². The molecule has 1 nitrogen and oxygen atoms in total. The largest absolute Gasteiger partial charge is 0.303 e. The lowest BCUT2D eigenvalue weighted by molar-refractivity contribution is -0.108. The van der Waals surface area contributed by atoms with E-state index in [1.807, 2.05) is 6.92 Å². The second-order valence-electron chi connectivity index (χ2n) is 3.49. The van der Waals surface area contributed by atoms with Crippen LogP contribution in [0.15, 0.2) is 18.2 Å². The standard InChI is InChI=1S/C12H14F2O/c1-3-9-10(8(2)7-15)5-4-6-11(9)12(13)14/h4-8,12H,3H2,1-2H3. The SMILES string of the molecule is CCc1c(C(F)F)cccc1C(C)C=O. The molecule has 1 aromatic rings. The maximum atomic E-state index is 12.7. The highest BCUT2D eigenvalue weighted by atomic mass is 19.3. The molecule has 0 N–H and O–H groups in total. The van der Waals surface area contributed by atoms with Gasteiger partial charge in [-0.1, -0.05) is 32.0 Å². The molecule has 0 bridgehead atoms. The van der Waals surface area contributed by atoms with Crippen LogP contribution in [0.4, 0.5) is 8.78 Å². The summed E-state index contributed by atoms with van der Waals surface area (Å²) in [4.78, 5) is 10.7. The Labute approximate surface area is 88.1 Å². The average Bonchev–Trinajstić information content (AvgIpc) is 2.26. The lowest BCUT2D eigenvalue weighted by Crippen LogP contribution is -2.03. The van der Waals surface area contributed by atoms with Gasteiger partial charge in [-0.2, -0.15) is 0 Å². The number of hydrogen-bond donors (Lipinski definition) is 0. The molecule has 0 fully saturated rings. The number of benzene rings is 1. The monoisotopic (exact) mass is 212 g/mol. The van der Waals surface area contributed by atoms with Gasteiger partial charge in [-0.05, 0) is 17.5 Å². The second kappa shape index (κ2) is 5.01. The molecule has 0 saturated carbocycles. The summed E-state index contributed by atoms with van der Waals surface area (Å²) < 4.78 is 25.3. The normalized spacial score (nSPS) is 12.9. The summed E-state index contributed by atoms with van der Waals surface area (Å²) in [5.74, 6) is -0.321. The number of aldehydes is 1. The van der Waals surface area contributed by atoms with Crippen LogP contribution < -0.4 is 0 Å². The van der Waals surface area contributed by atoms with E-state index in [1.54, 1.807) is 19.1 Å². The van der Waals surface area contributed by atoms with Gasteiger partial charge in [0.05, 0.1) is 0 Å². The maximum Gasteiger partial charge on any atom is 0.264 e. The fourth-order valence-electron chi connectivity index (χ4n) is 1.74. The van der Waals surface area contributed by atoms with Crippen molar-refractivity contribution in [2.75, 3.05) is 0 Å². The first-order valence-electron chi connectivity index (χ1n) is 4.96. The van der Waals surface area contributed by atoms with Gasteiger partial charge in [0.15, 0.2) is 0 Å². The zero-order valence-electron chi connectivity index (χ0n) is 8.84. The summed E-state index contributed by atoms with van der Waals surface area (Å²) in [5, 5.41) is 0. The smallest absolute Gasteiger partial charge is 0.264 e. The third kappa shape index (κ3) is 2.41. The van der Waals surface area contributed by atoms with Gasteiger partial charge in [0.2, 0.25) is 0 Å². The Morgan fingerprint density at radius 2 is 1.93 bits per heavy atom. The quantitative estimate of drug-likeness (QED) is 0.698. The van der Waals surface area contributed by atoms with Crippen molar-refractivity contribution in [1.29, 1.82) is 0 Å². The third-order valence-corrected chi connectivity index (χ3v) is 2.53. The van der Waals surface area contributed by atoms with Crippen molar-refractivity contribution < 1.29 is 13.6 Å². The highest BCUT2D eigenvalue weighted by Gasteiger charge is 2.17. The zero-order valence-corrected chi connectivity index (χ0v) is 8.84. The number of carbonyl (C=O) groups excluding carboxylic acids is 1. The van der Waals surface area contributed by atoms with Crippen LogP contribution in [0, 0.1) is 0 Å². The molecule has 1 unspecified atom stereocenters. The fourth-order valence-corrected chi connectivity index (χ4v) is 1.74. The molecule has 0 radical (unpaired) electrons. The van der Waals surface area contributed by atoms with E-state index < -0.39 is 6.43 Å². The molecular weight excluding hydrogens is 198 g/mol. The summed E-state index contributed by atoms with van der Waals surface area (Å²) in [6.45, 7) is 3.54. The first-order valence-corrected chi connectivity index (χ1v) is 4.96. The predicted molar refractivity (Wildman–Crippen MR) is 55.3 cm³/mol. The molecule has 0 amide bonds. The molecule has 15 heavy (non-hydrogen) atoms. The number of alkyl halides is 2. The van der Waals surface area contributed by atoms with E-state index in [9.17, 15) is 13.6 Å². The highest BCUT2D eigenvalue weighted by Crippen LogP contribution is 2.29. The Kier molecular flexibility index (Phi) is 3.95. The van der Waals surface area contributed by atoms with E-state index in [-0.39, 0.29) is 11.5 Å². The van der Waals surface area contributed by atoms with Crippen molar-refractivity contribution in [1.82, 2.24) is 0 Å². The van der Waals surface area contributed by atoms with Crippen molar-refractivity contribution in [3.63, 3.8) is 0 Å². The lowest BCUT2D eigenvalue weighted by atomic mass is 9.91. The molecule has 0 aliphatic rings. The molecule has 0 aromatic heterocycles. The second-order valence-corrected chi connectivity index (χ2v) is 3.49. The van der Waals surface area contributed by atoms with Crippen molar-refractivity contribution >= 4 is 6.29 Å². The van der Waals surface area contributed by atoms with Crippen LogP contribution in [0.3, 0.4) is 0 Å². The minimum atomic E-state index is -2.47. The van der Waals surface area contributed by atoms with E-state index in [4.69, 9.17) is 0 Å². The number of carbonyl (C=O) groups is 1. The van der Waals surface area contributed by atoms with Crippen LogP contribution >= 0.6 is 0 Å². The summed E-state index contributed by atoms with van der Waals surface area (Å²) in [5.41, 5.74) is 1.36. The molecule has 3 heteroatoms. The van der Waals surface area contributed by atoms with E-state index in [0.29, 0.717) is 17.5 Å². The highest BCUT2D eigenvalue weighted by molar-refractivity contribution is 5.63. The topological polar surface area (TPSA) is 17.1 Å². The first kappa shape index (κ1) is 11.8. The number of hydrogen-bond acceptors (Lipinski definition) is 1. The van der Waals surface area contributed by atoms with E-state index in [1.165, 1.54) is 6.07 Å². The fraction of sp³-hybridized carbons (Fsp3) is 0.417. The molecule has 1 aromatic carbocycles. The Balaban J connectivity index is 3.27. The average molecular weight is 212 g/mol. The van der Waals surface area contributed by atoms with Crippen LogP contribution in [-0.2, 0) is 11.2 Å². The molecular formula is C12H14F2O. The number of halogens is 2. The summed E-state index contributed by atoms with van der Waals surface area (Å²) in [7, 11) is 0. The molecule has 0 aliphatic heterocycles. The van der Waals surface area contributed by atoms with Crippen molar-refractivity contribution in [2.45, 2.75) is 32.6 Å². The zero-order chi connectivity index (χ0) is 11.4. The molecule has 82 valence electrons. The molecule has 0 spiro atoms. The van der Waals surface area contributed by atoms with Gasteiger partial charge >= 0.3 is 0 Å². The van der Waals surface area contributed by atoms with Gasteiger partial charge in [-0.25, -0.2) is 8.78 Å². The van der Waals surface area contributed by atoms with E-state index in [2.05, 4.69) is 0 Å². The lowest BCUT2D eigenvalue weighted by Gasteiger charge is -2.14. The Morgan fingerprint density at radius 1 is 1.33 bits per heavy atom. The first-order chi connectivity index (χ1) is 7.11. The van der Waals surface area contributed by atoms with Gasteiger partial charge in [0.1, 0.15) is 6.29 Å². The van der Waals surface area contributed by atoms with Gasteiger partial charge in [0.25, 0.3) is 6.43 Å². The van der Waals surface area contributed by atoms with Gasteiger partial charge < -0.3 is 4.79 Å². The van der Waals surface area contributed by atoms with E-state index >= 15 is 0 Å². The number of rotatable bonds is 4. The summed E-state index contributed by atoms with van der Waals surface area (Å²) in [6.07, 6.45) is -1.17. The molecule has 0 heterocycles. The summed E-state index contributed by atoms with van der Waals surface area (Å²) in [6, 6.07) is 4.74. The van der Waals surface area contributed by atoms with E-state index in [0.717, 1.165) is 6.29 Å². The molecule has 1 rings (SSSR count). The van der Waals surface area contributed by atoms with Crippen molar-refractivity contribution in [3.05, 3.63) is 34.9 Å². The minimum absolute atomic E-state index is 0.0451. The van der Waals surface area contributed by atoms with Crippen LogP contribution in [-0.4, -0.2) is 6.29 Å². The maximum absolute atomic E-state index is 12.7. The van der Waals surface area contributed by atoms with Crippen molar-refractivity contribution in [3.8, 4) is 0 Å². The van der Waals surface area contributed by atoms with Gasteiger partial charge in [-0.3, -0.25) is 0 Å². The van der Waals surface area contributed by atoms with Crippen LogP contribution in [0.5, 0.6) is 0 Å². The Bertz CT molecular complexity index is 347. The third-order valence-electron chi connectivity index (χ3n) is 2.53. The molecule has 1 atom stereocenters. The molecule has 0 aliphatic carbocycles.